The van der Waals surface area contributed by atoms with Gasteiger partial charge in [-0.25, -0.2) is 0 Å². The highest BCUT2D eigenvalue weighted by Crippen LogP contribution is 2.27. The van der Waals surface area contributed by atoms with E-state index in [2.05, 4.69) is 26.8 Å². The highest BCUT2D eigenvalue weighted by atomic mass is 16.5. The van der Waals surface area contributed by atoms with E-state index in [9.17, 15) is 4.79 Å². The van der Waals surface area contributed by atoms with Crippen molar-refractivity contribution in [2.75, 3.05) is 19.8 Å². The molecule has 0 saturated heterocycles. The summed E-state index contributed by atoms with van der Waals surface area (Å²) < 4.78 is 17.3. The minimum absolute atomic E-state index is 0.0493. The maximum Gasteiger partial charge on any atom is 0.185 e. The van der Waals surface area contributed by atoms with Crippen LogP contribution in [0.4, 0.5) is 0 Å². The molecule has 0 N–H and O–H groups in total. The molecule has 0 spiro atoms. The molecule has 0 radical (unpaired) electrons. The lowest BCUT2D eigenvalue weighted by atomic mass is 9.97. The van der Waals surface area contributed by atoms with E-state index in [1.54, 1.807) is 12.1 Å². The zero-order chi connectivity index (χ0) is 20.2. The van der Waals surface area contributed by atoms with Gasteiger partial charge in [0.2, 0.25) is 0 Å². The van der Waals surface area contributed by atoms with Crippen LogP contribution < -0.4 is 4.74 Å². The van der Waals surface area contributed by atoms with Gasteiger partial charge in [-0.1, -0.05) is 39.0 Å². The third-order valence-electron chi connectivity index (χ3n) is 4.21. The van der Waals surface area contributed by atoms with Gasteiger partial charge in [0.25, 0.3) is 0 Å². The average Bonchev–Trinajstić information content (AvgIpc) is 2.73. The molecule has 0 aliphatic heterocycles. The van der Waals surface area contributed by atoms with E-state index in [0.29, 0.717) is 25.4 Å². The maximum atomic E-state index is 12.6. The Morgan fingerprint density at radius 3 is 2.50 bits per heavy atom. The highest BCUT2D eigenvalue weighted by molar-refractivity contribution is 6.04. The van der Waals surface area contributed by atoms with Crippen LogP contribution in [0.2, 0.25) is 0 Å². The average molecular weight is 385 g/mol. The van der Waals surface area contributed by atoms with Crippen molar-refractivity contribution in [3.63, 3.8) is 0 Å². The second-order valence-corrected chi connectivity index (χ2v) is 6.77. The number of ether oxygens (including phenoxy) is 3. The standard InChI is InChI=1S/C24H32O4/c1-4-14-26-21-9-7-8-19(17-21)23(25)12-10-20-18-22(27-15-5-2)11-13-24(20)28-16-6-3/h7-10,12-13,17-18,20H,4-6,11,14-16H2,1-3H3/b12-10+. The van der Waals surface area contributed by atoms with Gasteiger partial charge in [0.15, 0.2) is 5.78 Å². The van der Waals surface area contributed by atoms with Crippen LogP contribution in [0.3, 0.4) is 0 Å². The van der Waals surface area contributed by atoms with Crippen molar-refractivity contribution in [3.8, 4) is 5.75 Å². The number of hydrogen-bond acceptors (Lipinski definition) is 4. The molecule has 1 aliphatic rings. The Morgan fingerprint density at radius 1 is 1.04 bits per heavy atom. The SMILES string of the molecule is CCCOC1=CC(/C=C/C(=O)c2cccc(OCCC)c2)C(OCCC)=CC1. The summed E-state index contributed by atoms with van der Waals surface area (Å²) in [5.74, 6) is 2.40. The molecule has 2 rings (SSSR count). The topological polar surface area (TPSA) is 44.8 Å². The van der Waals surface area contributed by atoms with E-state index in [4.69, 9.17) is 14.2 Å². The molecule has 4 heteroatoms. The lowest BCUT2D eigenvalue weighted by Crippen LogP contribution is -2.11. The molecule has 0 fully saturated rings. The quantitative estimate of drug-likeness (QED) is 0.335. The third kappa shape index (κ3) is 6.91. The Bertz CT molecular complexity index is 715. The van der Waals surface area contributed by atoms with Gasteiger partial charge in [0, 0.05) is 12.0 Å². The molecular formula is C24H32O4. The maximum absolute atomic E-state index is 12.6. The fraction of sp³-hybridized carbons (Fsp3) is 0.458. The zero-order valence-electron chi connectivity index (χ0n) is 17.3. The van der Waals surface area contributed by atoms with Gasteiger partial charge < -0.3 is 14.2 Å². The first kappa shape index (κ1) is 21.8. The monoisotopic (exact) mass is 384 g/mol. The molecule has 28 heavy (non-hydrogen) atoms. The van der Waals surface area contributed by atoms with Crippen LogP contribution in [0.15, 0.2) is 60.1 Å². The van der Waals surface area contributed by atoms with Crippen molar-refractivity contribution in [3.05, 3.63) is 65.7 Å². The Labute approximate surface area is 168 Å². The smallest absolute Gasteiger partial charge is 0.185 e. The van der Waals surface area contributed by atoms with Crippen LogP contribution in [0.1, 0.15) is 56.8 Å². The van der Waals surface area contributed by atoms with Crippen LogP contribution in [0.5, 0.6) is 5.75 Å². The number of allylic oxidation sites excluding steroid dienone is 3. The predicted molar refractivity (Wildman–Crippen MR) is 112 cm³/mol. The van der Waals surface area contributed by atoms with Crippen LogP contribution >= 0.6 is 0 Å². The Morgan fingerprint density at radius 2 is 1.75 bits per heavy atom. The molecule has 4 nitrogen and oxygen atoms in total. The highest BCUT2D eigenvalue weighted by Gasteiger charge is 2.18. The second kappa shape index (κ2) is 12.1. The lowest BCUT2D eigenvalue weighted by molar-refractivity contribution is 0.104. The Hall–Kier alpha value is -2.49. The van der Waals surface area contributed by atoms with Crippen molar-refractivity contribution in [1.82, 2.24) is 0 Å². The van der Waals surface area contributed by atoms with Crippen molar-refractivity contribution < 1.29 is 19.0 Å². The fourth-order valence-electron chi connectivity index (χ4n) is 2.80. The van der Waals surface area contributed by atoms with Gasteiger partial charge in [-0.15, -0.1) is 0 Å². The van der Waals surface area contributed by atoms with E-state index in [1.807, 2.05) is 30.4 Å². The summed E-state index contributed by atoms with van der Waals surface area (Å²) in [5.41, 5.74) is 0.618. The number of hydrogen-bond donors (Lipinski definition) is 0. The van der Waals surface area contributed by atoms with Crippen molar-refractivity contribution in [1.29, 1.82) is 0 Å². The largest absolute Gasteiger partial charge is 0.498 e. The molecular weight excluding hydrogens is 352 g/mol. The molecule has 1 aliphatic carbocycles. The summed E-state index contributed by atoms with van der Waals surface area (Å²) in [6.45, 7) is 8.23. The van der Waals surface area contributed by atoms with E-state index in [1.165, 1.54) is 0 Å². The van der Waals surface area contributed by atoms with Crippen LogP contribution in [0.25, 0.3) is 0 Å². The van der Waals surface area contributed by atoms with E-state index in [0.717, 1.165) is 43.0 Å². The molecule has 0 amide bonds. The van der Waals surface area contributed by atoms with Gasteiger partial charge in [0.05, 0.1) is 31.5 Å². The molecule has 1 atom stereocenters. The summed E-state index contributed by atoms with van der Waals surface area (Å²) in [6, 6.07) is 7.32. The number of carbonyl (C=O) groups is 1. The predicted octanol–water partition coefficient (Wildman–Crippen LogP) is 5.86. The summed E-state index contributed by atoms with van der Waals surface area (Å²) in [4.78, 5) is 12.6. The molecule has 1 unspecified atom stereocenters. The first-order valence-corrected chi connectivity index (χ1v) is 10.3. The summed E-state index contributed by atoms with van der Waals surface area (Å²) >= 11 is 0. The lowest BCUT2D eigenvalue weighted by Gasteiger charge is -2.21. The Kier molecular flexibility index (Phi) is 9.40. The second-order valence-electron chi connectivity index (χ2n) is 6.77. The first-order valence-electron chi connectivity index (χ1n) is 10.3. The zero-order valence-corrected chi connectivity index (χ0v) is 17.3. The van der Waals surface area contributed by atoms with Gasteiger partial charge in [-0.05, 0) is 49.6 Å². The van der Waals surface area contributed by atoms with Crippen molar-refractivity contribution in [2.45, 2.75) is 46.5 Å². The van der Waals surface area contributed by atoms with Gasteiger partial charge in [0.1, 0.15) is 11.5 Å². The van der Waals surface area contributed by atoms with Gasteiger partial charge in [-0.2, -0.15) is 0 Å². The van der Waals surface area contributed by atoms with Crippen LogP contribution in [-0.4, -0.2) is 25.6 Å². The molecule has 0 saturated carbocycles. The molecule has 1 aromatic carbocycles. The van der Waals surface area contributed by atoms with E-state index in [-0.39, 0.29) is 11.7 Å². The molecule has 152 valence electrons. The fourth-order valence-corrected chi connectivity index (χ4v) is 2.80. The van der Waals surface area contributed by atoms with E-state index < -0.39 is 0 Å². The van der Waals surface area contributed by atoms with E-state index >= 15 is 0 Å². The number of carbonyl (C=O) groups excluding carboxylic acids is 1. The number of rotatable bonds is 12. The Balaban J connectivity index is 2.10. The summed E-state index contributed by atoms with van der Waals surface area (Å²) in [6.07, 6.45) is 11.2. The number of ketones is 1. The van der Waals surface area contributed by atoms with Crippen molar-refractivity contribution in [2.24, 2.45) is 5.92 Å². The van der Waals surface area contributed by atoms with Crippen LogP contribution in [-0.2, 0) is 9.47 Å². The normalized spacial score (nSPS) is 16.5. The van der Waals surface area contributed by atoms with Crippen molar-refractivity contribution >= 4 is 5.78 Å². The summed E-state index contributed by atoms with van der Waals surface area (Å²) in [7, 11) is 0. The molecule has 0 bridgehead atoms. The van der Waals surface area contributed by atoms with Gasteiger partial charge >= 0.3 is 0 Å². The summed E-state index contributed by atoms with van der Waals surface area (Å²) in [5, 5.41) is 0. The van der Waals surface area contributed by atoms with Crippen LogP contribution in [0, 0.1) is 5.92 Å². The minimum Gasteiger partial charge on any atom is -0.498 e. The minimum atomic E-state index is -0.0874. The molecule has 1 aromatic rings. The molecule has 0 heterocycles. The first-order chi connectivity index (χ1) is 13.7. The molecule has 0 aromatic heterocycles. The third-order valence-corrected chi connectivity index (χ3v) is 4.21. The van der Waals surface area contributed by atoms with Gasteiger partial charge in [-0.3, -0.25) is 4.79 Å². The number of benzene rings is 1.